The maximum atomic E-state index is 12.5. The molecule has 2 N–H and O–H groups in total. The van der Waals surface area contributed by atoms with Crippen molar-refractivity contribution >= 4 is 38.3 Å². The molecule has 6 nitrogen and oxygen atoms in total. The fraction of sp³-hybridized carbons (Fsp3) is 0.263. The van der Waals surface area contributed by atoms with Crippen LogP contribution in [0.5, 0.6) is 11.5 Å². The minimum Gasteiger partial charge on any atom is -0.490 e. The molecule has 1 aliphatic heterocycles. The molecule has 0 bridgehead atoms. The Morgan fingerprint density at radius 2 is 1.96 bits per heavy atom. The predicted molar refractivity (Wildman–Crippen MR) is 103 cm³/mol. The second-order valence-corrected chi connectivity index (χ2v) is 7.08. The summed E-state index contributed by atoms with van der Waals surface area (Å²) in [6.45, 7) is 3.06. The second-order valence-electron chi connectivity index (χ2n) is 6.05. The summed E-state index contributed by atoms with van der Waals surface area (Å²) in [4.78, 5) is 17.0. The van der Waals surface area contributed by atoms with Crippen LogP contribution in [-0.2, 0) is 4.79 Å². The van der Waals surface area contributed by atoms with Crippen molar-refractivity contribution in [2.45, 2.75) is 19.4 Å². The second kappa shape index (κ2) is 7.21. The number of thiazole rings is 1. The first-order chi connectivity index (χ1) is 12.7. The van der Waals surface area contributed by atoms with Gasteiger partial charge in [0.05, 0.1) is 23.4 Å². The number of benzene rings is 2. The lowest BCUT2D eigenvalue weighted by Crippen LogP contribution is -2.31. The zero-order chi connectivity index (χ0) is 17.9. The first-order valence-corrected chi connectivity index (χ1v) is 9.33. The van der Waals surface area contributed by atoms with Crippen molar-refractivity contribution in [2.75, 3.05) is 23.8 Å². The van der Waals surface area contributed by atoms with Crippen molar-refractivity contribution < 1.29 is 14.3 Å². The van der Waals surface area contributed by atoms with Crippen LogP contribution in [0.4, 0.5) is 10.8 Å². The average molecular weight is 369 g/mol. The van der Waals surface area contributed by atoms with Gasteiger partial charge in [0.15, 0.2) is 16.6 Å². The molecular weight excluding hydrogens is 350 g/mol. The molecule has 2 aromatic carbocycles. The Morgan fingerprint density at radius 3 is 2.81 bits per heavy atom. The van der Waals surface area contributed by atoms with Gasteiger partial charge in [0, 0.05) is 18.2 Å². The molecule has 1 atom stereocenters. The molecule has 1 amide bonds. The lowest BCUT2D eigenvalue weighted by molar-refractivity contribution is -0.116. The van der Waals surface area contributed by atoms with Gasteiger partial charge in [0.1, 0.15) is 6.04 Å². The molecular formula is C19H19N3O3S. The minimum absolute atomic E-state index is 0.140. The third-order valence-corrected chi connectivity index (χ3v) is 5.01. The molecule has 3 aromatic rings. The lowest BCUT2D eigenvalue weighted by atomic mass is 10.2. The highest BCUT2D eigenvalue weighted by molar-refractivity contribution is 7.22. The fourth-order valence-corrected chi connectivity index (χ4v) is 3.63. The highest BCUT2D eigenvalue weighted by Crippen LogP contribution is 2.32. The van der Waals surface area contributed by atoms with Crippen LogP contribution in [0.1, 0.15) is 13.3 Å². The number of nitrogens with zero attached hydrogens (tertiary/aromatic N) is 1. The van der Waals surface area contributed by atoms with Crippen LogP contribution in [0.2, 0.25) is 0 Å². The standard InChI is InChI=1S/C19H19N3O3S/c1-12(20-19-22-14-5-2-3-6-17(14)26-19)18(23)21-13-7-8-15-16(11-13)25-10-4-9-24-15/h2-3,5-8,11-12H,4,9-10H2,1H3,(H,20,22)(H,21,23). The third-order valence-electron chi connectivity index (χ3n) is 4.04. The smallest absolute Gasteiger partial charge is 0.246 e. The van der Waals surface area contributed by atoms with Crippen molar-refractivity contribution in [3.05, 3.63) is 42.5 Å². The molecule has 1 aliphatic rings. The van der Waals surface area contributed by atoms with Crippen LogP contribution in [0.3, 0.4) is 0 Å². The van der Waals surface area contributed by atoms with E-state index in [2.05, 4.69) is 15.6 Å². The number of ether oxygens (including phenoxy) is 2. The van der Waals surface area contributed by atoms with Gasteiger partial charge < -0.3 is 20.1 Å². The Labute approximate surface area is 155 Å². The van der Waals surface area contributed by atoms with Gasteiger partial charge in [-0.05, 0) is 31.2 Å². The third kappa shape index (κ3) is 3.57. The van der Waals surface area contributed by atoms with Crippen LogP contribution in [0.25, 0.3) is 10.2 Å². The number of carbonyl (C=O) groups is 1. The van der Waals surface area contributed by atoms with E-state index in [0.29, 0.717) is 30.4 Å². The molecule has 0 saturated heterocycles. The van der Waals surface area contributed by atoms with Crippen molar-refractivity contribution in [3.63, 3.8) is 0 Å². The van der Waals surface area contributed by atoms with Crippen molar-refractivity contribution in [3.8, 4) is 11.5 Å². The van der Waals surface area contributed by atoms with E-state index in [1.54, 1.807) is 6.07 Å². The first kappa shape index (κ1) is 16.7. The number of hydrogen-bond donors (Lipinski definition) is 2. The normalized spacial score (nSPS) is 14.5. The molecule has 0 aliphatic carbocycles. The van der Waals surface area contributed by atoms with E-state index >= 15 is 0 Å². The van der Waals surface area contributed by atoms with Gasteiger partial charge in [-0.3, -0.25) is 4.79 Å². The van der Waals surface area contributed by atoms with E-state index in [0.717, 1.165) is 21.8 Å². The molecule has 1 unspecified atom stereocenters. The Bertz CT molecular complexity index is 908. The van der Waals surface area contributed by atoms with Gasteiger partial charge in [-0.2, -0.15) is 0 Å². The van der Waals surface area contributed by atoms with E-state index in [4.69, 9.17) is 9.47 Å². The van der Waals surface area contributed by atoms with Crippen molar-refractivity contribution in [1.29, 1.82) is 0 Å². The number of anilines is 2. The van der Waals surface area contributed by atoms with Crippen LogP contribution in [0, 0.1) is 0 Å². The molecule has 0 saturated carbocycles. The number of amides is 1. The number of hydrogen-bond acceptors (Lipinski definition) is 6. The average Bonchev–Trinajstić information content (AvgIpc) is 2.90. The number of nitrogens with one attached hydrogen (secondary N) is 2. The summed E-state index contributed by atoms with van der Waals surface area (Å²) in [5.74, 6) is 1.23. The van der Waals surface area contributed by atoms with Gasteiger partial charge in [-0.1, -0.05) is 23.5 Å². The van der Waals surface area contributed by atoms with E-state index in [1.165, 1.54) is 11.3 Å². The highest BCUT2D eigenvalue weighted by Gasteiger charge is 2.17. The summed E-state index contributed by atoms with van der Waals surface area (Å²) in [6.07, 6.45) is 0.847. The number of para-hydroxylation sites is 1. The Hall–Kier alpha value is -2.80. The molecule has 0 radical (unpaired) electrons. The molecule has 26 heavy (non-hydrogen) atoms. The molecule has 1 aromatic heterocycles. The van der Waals surface area contributed by atoms with E-state index in [9.17, 15) is 4.79 Å². The van der Waals surface area contributed by atoms with Crippen molar-refractivity contribution in [1.82, 2.24) is 4.98 Å². The number of fused-ring (bicyclic) bond motifs is 2. The van der Waals surface area contributed by atoms with Crippen LogP contribution in [0.15, 0.2) is 42.5 Å². The maximum absolute atomic E-state index is 12.5. The SMILES string of the molecule is CC(Nc1nc2ccccc2s1)C(=O)Nc1ccc2c(c1)OCCCO2. The Kier molecular flexibility index (Phi) is 4.62. The molecule has 7 heteroatoms. The van der Waals surface area contributed by atoms with Gasteiger partial charge in [0.25, 0.3) is 0 Å². The molecule has 0 fully saturated rings. The number of aromatic nitrogens is 1. The van der Waals surface area contributed by atoms with Crippen LogP contribution in [-0.4, -0.2) is 30.1 Å². The van der Waals surface area contributed by atoms with Gasteiger partial charge in [-0.25, -0.2) is 4.98 Å². The molecule has 4 rings (SSSR count). The molecule has 2 heterocycles. The molecule has 134 valence electrons. The van der Waals surface area contributed by atoms with E-state index in [1.807, 2.05) is 43.3 Å². The number of rotatable bonds is 4. The summed E-state index contributed by atoms with van der Waals surface area (Å²) in [5.41, 5.74) is 1.60. The highest BCUT2D eigenvalue weighted by atomic mass is 32.1. The molecule has 0 spiro atoms. The quantitative estimate of drug-likeness (QED) is 0.730. The first-order valence-electron chi connectivity index (χ1n) is 8.52. The number of carbonyl (C=O) groups excluding carboxylic acids is 1. The van der Waals surface area contributed by atoms with E-state index < -0.39 is 6.04 Å². The summed E-state index contributed by atoms with van der Waals surface area (Å²) in [7, 11) is 0. The van der Waals surface area contributed by atoms with Gasteiger partial charge >= 0.3 is 0 Å². The van der Waals surface area contributed by atoms with Crippen molar-refractivity contribution in [2.24, 2.45) is 0 Å². The fourth-order valence-electron chi connectivity index (χ4n) is 2.68. The van der Waals surface area contributed by atoms with Crippen LogP contribution >= 0.6 is 11.3 Å². The summed E-state index contributed by atoms with van der Waals surface area (Å²) in [6, 6.07) is 12.9. The van der Waals surface area contributed by atoms with Gasteiger partial charge in [0.2, 0.25) is 5.91 Å². The largest absolute Gasteiger partial charge is 0.490 e. The Balaban J connectivity index is 1.43. The lowest BCUT2D eigenvalue weighted by Gasteiger charge is -2.14. The minimum atomic E-state index is -0.424. The van der Waals surface area contributed by atoms with Gasteiger partial charge in [-0.15, -0.1) is 0 Å². The van der Waals surface area contributed by atoms with E-state index in [-0.39, 0.29) is 5.91 Å². The summed E-state index contributed by atoms with van der Waals surface area (Å²) >= 11 is 1.53. The predicted octanol–water partition coefficient (Wildman–Crippen LogP) is 3.90. The topological polar surface area (TPSA) is 72.5 Å². The summed E-state index contributed by atoms with van der Waals surface area (Å²) in [5, 5.41) is 6.80. The van der Waals surface area contributed by atoms with Crippen LogP contribution < -0.4 is 20.1 Å². The zero-order valence-electron chi connectivity index (χ0n) is 14.3. The Morgan fingerprint density at radius 1 is 1.15 bits per heavy atom. The maximum Gasteiger partial charge on any atom is 0.246 e. The summed E-state index contributed by atoms with van der Waals surface area (Å²) < 4.78 is 12.4. The zero-order valence-corrected chi connectivity index (χ0v) is 15.1. The monoisotopic (exact) mass is 369 g/mol.